The highest BCUT2D eigenvalue weighted by molar-refractivity contribution is 5.80. The van der Waals surface area contributed by atoms with Crippen molar-refractivity contribution in [3.63, 3.8) is 0 Å². The number of aliphatic carboxylic acids is 1. The minimum atomic E-state index is -0.911. The summed E-state index contributed by atoms with van der Waals surface area (Å²) in [6, 6.07) is -0.0154. The van der Waals surface area contributed by atoms with E-state index in [1.165, 1.54) is 4.90 Å². The second kappa shape index (κ2) is 5.46. The van der Waals surface area contributed by atoms with Crippen LogP contribution in [0.25, 0.3) is 0 Å². The lowest BCUT2D eigenvalue weighted by Crippen LogP contribution is -2.55. The molecule has 0 aromatic heterocycles. The average Bonchev–Trinajstić information content (AvgIpc) is 2.76. The van der Waals surface area contributed by atoms with Crippen LogP contribution in [0.4, 0.5) is 4.79 Å². The van der Waals surface area contributed by atoms with Gasteiger partial charge in [-0.3, -0.25) is 9.59 Å². The van der Waals surface area contributed by atoms with E-state index in [4.69, 9.17) is 5.11 Å². The van der Waals surface area contributed by atoms with Gasteiger partial charge in [0.1, 0.15) is 0 Å². The number of urea groups is 1. The molecule has 1 atom stereocenters. The Bertz CT molecular complexity index is 398. The maximum absolute atomic E-state index is 12.1. The highest BCUT2D eigenvalue weighted by atomic mass is 16.4. The number of carbonyl (C=O) groups is 3. The fourth-order valence-corrected chi connectivity index (χ4v) is 2.64. The quantitative estimate of drug-likeness (QED) is 0.770. The van der Waals surface area contributed by atoms with Gasteiger partial charge in [0.15, 0.2) is 0 Å². The standard InChI is InChI=1S/C12H19N3O4/c1-13(5-4-11(17)18)12(19)14-6-7-15-9(8-14)2-3-10(15)16/h9H,2-8H2,1H3,(H,17,18). The Kier molecular flexibility index (Phi) is 3.92. The van der Waals surface area contributed by atoms with E-state index in [9.17, 15) is 14.4 Å². The smallest absolute Gasteiger partial charge is 0.319 e. The number of carbonyl (C=O) groups excluding carboxylic acids is 2. The monoisotopic (exact) mass is 269 g/mol. The predicted molar refractivity (Wildman–Crippen MR) is 66.6 cm³/mol. The van der Waals surface area contributed by atoms with E-state index < -0.39 is 5.97 Å². The molecule has 2 rings (SSSR count). The molecule has 2 aliphatic rings. The molecule has 19 heavy (non-hydrogen) atoms. The van der Waals surface area contributed by atoms with Crippen LogP contribution >= 0.6 is 0 Å². The second-order valence-corrected chi connectivity index (χ2v) is 5.07. The van der Waals surface area contributed by atoms with Crippen molar-refractivity contribution in [3.8, 4) is 0 Å². The van der Waals surface area contributed by atoms with Crippen LogP contribution in [-0.4, -0.2) is 77.0 Å². The number of hydrogen-bond donors (Lipinski definition) is 1. The van der Waals surface area contributed by atoms with Gasteiger partial charge in [-0.2, -0.15) is 0 Å². The summed E-state index contributed by atoms with van der Waals surface area (Å²) in [5.41, 5.74) is 0. The van der Waals surface area contributed by atoms with Gasteiger partial charge in [0.25, 0.3) is 0 Å². The summed E-state index contributed by atoms with van der Waals surface area (Å²) >= 11 is 0. The van der Waals surface area contributed by atoms with Crippen molar-refractivity contribution >= 4 is 17.9 Å². The van der Waals surface area contributed by atoms with Gasteiger partial charge in [0.2, 0.25) is 5.91 Å². The SMILES string of the molecule is CN(CCC(=O)O)C(=O)N1CCN2C(=O)CCC2C1. The van der Waals surface area contributed by atoms with Crippen LogP contribution in [0.15, 0.2) is 0 Å². The highest BCUT2D eigenvalue weighted by Gasteiger charge is 2.37. The zero-order valence-corrected chi connectivity index (χ0v) is 11.0. The van der Waals surface area contributed by atoms with E-state index in [1.54, 1.807) is 11.9 Å². The summed E-state index contributed by atoms with van der Waals surface area (Å²) < 4.78 is 0. The van der Waals surface area contributed by atoms with Gasteiger partial charge in [0.05, 0.1) is 6.42 Å². The molecule has 0 radical (unpaired) electrons. The zero-order valence-electron chi connectivity index (χ0n) is 11.0. The van der Waals surface area contributed by atoms with Crippen LogP contribution in [0.3, 0.4) is 0 Å². The molecular weight excluding hydrogens is 250 g/mol. The maximum atomic E-state index is 12.1. The summed E-state index contributed by atoms with van der Waals surface area (Å²) in [6.07, 6.45) is 1.33. The van der Waals surface area contributed by atoms with E-state index in [0.717, 1.165) is 6.42 Å². The van der Waals surface area contributed by atoms with E-state index in [-0.39, 0.29) is 30.9 Å². The first-order valence-electron chi connectivity index (χ1n) is 6.50. The van der Waals surface area contributed by atoms with Crippen LogP contribution in [-0.2, 0) is 9.59 Å². The van der Waals surface area contributed by atoms with E-state index >= 15 is 0 Å². The van der Waals surface area contributed by atoms with Crippen molar-refractivity contribution in [2.75, 3.05) is 33.2 Å². The van der Waals surface area contributed by atoms with Gasteiger partial charge in [-0.25, -0.2) is 4.79 Å². The molecular formula is C12H19N3O4. The molecule has 0 aromatic carbocycles. The Hall–Kier alpha value is -1.79. The third-order valence-corrected chi connectivity index (χ3v) is 3.75. The summed E-state index contributed by atoms with van der Waals surface area (Å²) in [7, 11) is 1.61. The van der Waals surface area contributed by atoms with Gasteiger partial charge >= 0.3 is 12.0 Å². The molecule has 0 bridgehead atoms. The first-order valence-corrected chi connectivity index (χ1v) is 6.50. The van der Waals surface area contributed by atoms with Crippen LogP contribution in [0.1, 0.15) is 19.3 Å². The fraction of sp³-hybridized carbons (Fsp3) is 0.750. The third kappa shape index (κ3) is 2.97. The topological polar surface area (TPSA) is 81.2 Å². The lowest BCUT2D eigenvalue weighted by Gasteiger charge is -2.39. The first kappa shape index (κ1) is 13.6. The van der Waals surface area contributed by atoms with E-state index in [0.29, 0.717) is 26.1 Å². The maximum Gasteiger partial charge on any atom is 0.319 e. The van der Waals surface area contributed by atoms with Crippen molar-refractivity contribution in [2.24, 2.45) is 0 Å². The van der Waals surface area contributed by atoms with E-state index in [1.807, 2.05) is 4.90 Å². The Labute approximate surface area is 111 Å². The van der Waals surface area contributed by atoms with Crippen molar-refractivity contribution in [2.45, 2.75) is 25.3 Å². The zero-order chi connectivity index (χ0) is 14.0. The summed E-state index contributed by atoms with van der Waals surface area (Å²) in [4.78, 5) is 39.2. The molecule has 3 amide bonds. The minimum absolute atomic E-state index is 0.0515. The average molecular weight is 269 g/mol. The number of rotatable bonds is 3. The molecule has 1 unspecified atom stereocenters. The Morgan fingerprint density at radius 1 is 1.42 bits per heavy atom. The number of fused-ring (bicyclic) bond motifs is 1. The Morgan fingerprint density at radius 2 is 2.16 bits per heavy atom. The summed E-state index contributed by atoms with van der Waals surface area (Å²) in [5.74, 6) is -0.734. The van der Waals surface area contributed by atoms with Crippen LogP contribution < -0.4 is 0 Å². The van der Waals surface area contributed by atoms with Gasteiger partial charge in [-0.1, -0.05) is 0 Å². The van der Waals surface area contributed by atoms with Gasteiger partial charge in [-0.15, -0.1) is 0 Å². The molecule has 1 N–H and O–H groups in total. The molecule has 0 spiro atoms. The van der Waals surface area contributed by atoms with E-state index in [2.05, 4.69) is 0 Å². The molecule has 7 nitrogen and oxygen atoms in total. The van der Waals surface area contributed by atoms with Crippen LogP contribution in [0.2, 0.25) is 0 Å². The lowest BCUT2D eigenvalue weighted by molar-refractivity contribution is -0.137. The van der Waals surface area contributed by atoms with Gasteiger partial charge in [0, 0.05) is 45.7 Å². The Balaban J connectivity index is 1.87. The molecule has 7 heteroatoms. The largest absolute Gasteiger partial charge is 0.481 e. The van der Waals surface area contributed by atoms with Crippen molar-refractivity contribution < 1.29 is 19.5 Å². The second-order valence-electron chi connectivity index (χ2n) is 5.07. The molecule has 0 aliphatic carbocycles. The molecule has 2 heterocycles. The number of amides is 3. The third-order valence-electron chi connectivity index (χ3n) is 3.75. The molecule has 106 valence electrons. The van der Waals surface area contributed by atoms with Crippen molar-refractivity contribution in [1.82, 2.24) is 14.7 Å². The molecule has 0 saturated carbocycles. The van der Waals surface area contributed by atoms with Crippen LogP contribution in [0.5, 0.6) is 0 Å². The fourth-order valence-electron chi connectivity index (χ4n) is 2.64. The van der Waals surface area contributed by atoms with Crippen LogP contribution in [0, 0.1) is 0 Å². The normalized spacial score (nSPS) is 22.4. The Morgan fingerprint density at radius 3 is 2.84 bits per heavy atom. The number of hydrogen-bond acceptors (Lipinski definition) is 3. The number of nitrogens with zero attached hydrogens (tertiary/aromatic N) is 3. The molecule has 2 saturated heterocycles. The van der Waals surface area contributed by atoms with Crippen molar-refractivity contribution in [3.05, 3.63) is 0 Å². The number of carboxylic acid groups (broad SMARTS) is 1. The highest BCUT2D eigenvalue weighted by Crippen LogP contribution is 2.23. The van der Waals surface area contributed by atoms with Crippen molar-refractivity contribution in [1.29, 1.82) is 0 Å². The van der Waals surface area contributed by atoms with Gasteiger partial charge in [-0.05, 0) is 6.42 Å². The molecule has 2 aliphatic heterocycles. The molecule has 2 fully saturated rings. The van der Waals surface area contributed by atoms with Gasteiger partial charge < -0.3 is 19.8 Å². The summed E-state index contributed by atoms with van der Waals surface area (Å²) in [5, 5.41) is 8.61. The first-order chi connectivity index (χ1) is 8.99. The number of piperazine rings is 1. The summed E-state index contributed by atoms with van der Waals surface area (Å²) in [6.45, 7) is 1.88. The minimum Gasteiger partial charge on any atom is -0.481 e. The molecule has 0 aromatic rings. The number of carboxylic acids is 1. The lowest BCUT2D eigenvalue weighted by atomic mass is 10.1. The predicted octanol–water partition coefficient (Wildman–Crippen LogP) is -0.180.